The Bertz CT molecular complexity index is 533. The van der Waals surface area contributed by atoms with Crippen molar-refractivity contribution in [2.24, 2.45) is 11.8 Å². The number of rotatable bonds is 5. The van der Waals surface area contributed by atoms with Crippen LogP contribution in [-0.4, -0.2) is 11.1 Å². The van der Waals surface area contributed by atoms with E-state index >= 15 is 0 Å². The Kier molecular flexibility index (Phi) is 5.16. The molecule has 3 nitrogen and oxygen atoms in total. The van der Waals surface area contributed by atoms with Crippen LogP contribution in [0.4, 0.5) is 0 Å². The summed E-state index contributed by atoms with van der Waals surface area (Å²) in [6.45, 7) is 3.67. The van der Waals surface area contributed by atoms with Crippen LogP contribution in [-0.2, 0) is 4.79 Å². The van der Waals surface area contributed by atoms with E-state index in [-0.39, 0.29) is 11.8 Å². The van der Waals surface area contributed by atoms with E-state index < -0.39 is 5.97 Å². The third-order valence-corrected chi connectivity index (χ3v) is 4.59. The molecular formula is C18H21NO2. The van der Waals surface area contributed by atoms with Crippen molar-refractivity contribution in [1.82, 2.24) is 0 Å². The standard InChI is InChI=1S/C18H21NO2/c1-2-3-17(18(20)21)16-10-8-15(9-11-16)14-6-4-13(12-19)5-7-14/h2,4-7,15-17H,1,3,8-11H2,(H,20,21). The third-order valence-electron chi connectivity index (χ3n) is 4.59. The molecule has 1 aromatic carbocycles. The molecule has 2 rings (SSSR count). The van der Waals surface area contributed by atoms with Gasteiger partial charge in [-0.1, -0.05) is 18.2 Å². The minimum atomic E-state index is -0.697. The van der Waals surface area contributed by atoms with Crippen molar-refractivity contribution in [2.75, 3.05) is 0 Å². The summed E-state index contributed by atoms with van der Waals surface area (Å²) >= 11 is 0. The summed E-state index contributed by atoms with van der Waals surface area (Å²) in [7, 11) is 0. The van der Waals surface area contributed by atoms with Gasteiger partial charge in [0.15, 0.2) is 0 Å². The van der Waals surface area contributed by atoms with Crippen molar-refractivity contribution in [2.45, 2.75) is 38.0 Å². The van der Waals surface area contributed by atoms with Crippen LogP contribution in [0.15, 0.2) is 36.9 Å². The fourth-order valence-corrected chi connectivity index (χ4v) is 3.36. The van der Waals surface area contributed by atoms with Crippen molar-refractivity contribution in [3.63, 3.8) is 0 Å². The summed E-state index contributed by atoms with van der Waals surface area (Å²) in [5.74, 6) is -0.233. The molecule has 1 N–H and O–H groups in total. The molecule has 1 aliphatic carbocycles. The summed E-state index contributed by atoms with van der Waals surface area (Å²) in [6, 6.07) is 9.91. The molecule has 1 aromatic rings. The Labute approximate surface area is 125 Å². The zero-order valence-electron chi connectivity index (χ0n) is 12.2. The van der Waals surface area contributed by atoms with Gasteiger partial charge in [-0.2, -0.15) is 5.26 Å². The van der Waals surface area contributed by atoms with Gasteiger partial charge in [-0.3, -0.25) is 4.79 Å². The van der Waals surface area contributed by atoms with E-state index in [1.54, 1.807) is 6.08 Å². The van der Waals surface area contributed by atoms with Gasteiger partial charge in [0.25, 0.3) is 0 Å². The van der Waals surface area contributed by atoms with Crippen molar-refractivity contribution in [1.29, 1.82) is 5.26 Å². The predicted molar refractivity (Wildman–Crippen MR) is 81.8 cm³/mol. The van der Waals surface area contributed by atoms with Crippen molar-refractivity contribution >= 4 is 5.97 Å². The van der Waals surface area contributed by atoms with Gasteiger partial charge in [0, 0.05) is 0 Å². The molecular weight excluding hydrogens is 262 g/mol. The number of allylic oxidation sites excluding steroid dienone is 1. The molecule has 21 heavy (non-hydrogen) atoms. The zero-order chi connectivity index (χ0) is 15.2. The fourth-order valence-electron chi connectivity index (χ4n) is 3.36. The van der Waals surface area contributed by atoms with Crippen LogP contribution in [0.3, 0.4) is 0 Å². The topological polar surface area (TPSA) is 61.1 Å². The van der Waals surface area contributed by atoms with E-state index in [0.717, 1.165) is 25.7 Å². The molecule has 1 atom stereocenters. The van der Waals surface area contributed by atoms with Crippen molar-refractivity contribution in [3.8, 4) is 6.07 Å². The number of aliphatic carboxylic acids is 1. The van der Waals surface area contributed by atoms with E-state index in [9.17, 15) is 9.90 Å². The van der Waals surface area contributed by atoms with E-state index in [0.29, 0.717) is 17.9 Å². The zero-order valence-corrected chi connectivity index (χ0v) is 12.2. The van der Waals surface area contributed by atoms with Gasteiger partial charge in [0.05, 0.1) is 17.6 Å². The molecule has 0 saturated heterocycles. The summed E-state index contributed by atoms with van der Waals surface area (Å²) < 4.78 is 0. The second kappa shape index (κ2) is 7.08. The fraction of sp³-hybridized carbons (Fsp3) is 0.444. The van der Waals surface area contributed by atoms with E-state index in [1.165, 1.54) is 5.56 Å². The highest BCUT2D eigenvalue weighted by molar-refractivity contribution is 5.70. The van der Waals surface area contributed by atoms with Gasteiger partial charge in [-0.25, -0.2) is 0 Å². The maximum absolute atomic E-state index is 11.3. The van der Waals surface area contributed by atoms with Crippen LogP contribution in [0.5, 0.6) is 0 Å². The Hall–Kier alpha value is -2.08. The Morgan fingerprint density at radius 2 is 1.95 bits per heavy atom. The van der Waals surface area contributed by atoms with Gasteiger partial charge in [0.2, 0.25) is 0 Å². The minimum absolute atomic E-state index is 0.259. The first-order valence-electron chi connectivity index (χ1n) is 7.49. The monoisotopic (exact) mass is 283 g/mol. The summed E-state index contributed by atoms with van der Waals surface area (Å²) in [5, 5.41) is 18.1. The normalized spacial score (nSPS) is 23.0. The molecule has 1 fully saturated rings. The number of hydrogen-bond acceptors (Lipinski definition) is 2. The number of carboxylic acid groups (broad SMARTS) is 1. The lowest BCUT2D eigenvalue weighted by Crippen LogP contribution is -2.26. The average molecular weight is 283 g/mol. The lowest BCUT2D eigenvalue weighted by Gasteiger charge is -2.32. The number of carbonyl (C=O) groups is 1. The van der Waals surface area contributed by atoms with Gasteiger partial charge in [-0.15, -0.1) is 6.58 Å². The molecule has 110 valence electrons. The molecule has 0 aromatic heterocycles. The van der Waals surface area contributed by atoms with Crippen LogP contribution in [0, 0.1) is 23.2 Å². The molecule has 0 heterocycles. The minimum Gasteiger partial charge on any atom is -0.481 e. The van der Waals surface area contributed by atoms with Crippen LogP contribution in [0.2, 0.25) is 0 Å². The van der Waals surface area contributed by atoms with Crippen LogP contribution >= 0.6 is 0 Å². The Morgan fingerprint density at radius 1 is 1.33 bits per heavy atom. The summed E-state index contributed by atoms with van der Waals surface area (Å²) in [6.07, 6.45) is 6.23. The molecule has 0 aliphatic heterocycles. The second-order valence-electron chi connectivity index (χ2n) is 5.81. The van der Waals surface area contributed by atoms with Crippen LogP contribution in [0.1, 0.15) is 49.1 Å². The Morgan fingerprint density at radius 3 is 2.43 bits per heavy atom. The highest BCUT2D eigenvalue weighted by Crippen LogP contribution is 2.39. The molecule has 0 bridgehead atoms. The molecule has 0 amide bonds. The lowest BCUT2D eigenvalue weighted by molar-refractivity contribution is -0.144. The third kappa shape index (κ3) is 3.72. The maximum atomic E-state index is 11.3. The maximum Gasteiger partial charge on any atom is 0.307 e. The molecule has 1 aliphatic rings. The van der Waals surface area contributed by atoms with Crippen LogP contribution in [0.25, 0.3) is 0 Å². The first-order chi connectivity index (χ1) is 10.2. The first kappa shape index (κ1) is 15.3. The molecule has 1 saturated carbocycles. The number of hydrogen-bond donors (Lipinski definition) is 1. The van der Waals surface area contributed by atoms with Gasteiger partial charge in [0.1, 0.15) is 0 Å². The molecule has 3 heteroatoms. The summed E-state index contributed by atoms with van der Waals surface area (Å²) in [5.41, 5.74) is 1.95. The van der Waals surface area contributed by atoms with Gasteiger partial charge < -0.3 is 5.11 Å². The number of nitriles is 1. The highest BCUT2D eigenvalue weighted by Gasteiger charge is 2.31. The average Bonchev–Trinajstić information content (AvgIpc) is 2.53. The molecule has 0 spiro atoms. The predicted octanol–water partition coefficient (Wildman–Crippen LogP) is 4.11. The highest BCUT2D eigenvalue weighted by atomic mass is 16.4. The first-order valence-corrected chi connectivity index (χ1v) is 7.49. The van der Waals surface area contributed by atoms with Gasteiger partial charge in [-0.05, 0) is 61.6 Å². The summed E-state index contributed by atoms with van der Waals surface area (Å²) in [4.78, 5) is 11.3. The smallest absolute Gasteiger partial charge is 0.307 e. The molecule has 1 unspecified atom stereocenters. The van der Waals surface area contributed by atoms with Gasteiger partial charge >= 0.3 is 5.97 Å². The molecule has 0 radical (unpaired) electrons. The Balaban J connectivity index is 1.97. The van der Waals surface area contributed by atoms with E-state index in [2.05, 4.69) is 12.6 Å². The SMILES string of the molecule is C=CCC(C(=O)O)C1CCC(c2ccc(C#N)cc2)CC1. The van der Waals surface area contributed by atoms with Crippen LogP contribution < -0.4 is 0 Å². The number of benzene rings is 1. The largest absolute Gasteiger partial charge is 0.481 e. The number of carboxylic acids is 1. The van der Waals surface area contributed by atoms with Crippen molar-refractivity contribution in [3.05, 3.63) is 48.0 Å². The second-order valence-corrected chi connectivity index (χ2v) is 5.81. The quantitative estimate of drug-likeness (QED) is 0.827. The van der Waals surface area contributed by atoms with E-state index in [4.69, 9.17) is 5.26 Å². The lowest BCUT2D eigenvalue weighted by atomic mass is 9.73. The van der Waals surface area contributed by atoms with Crippen molar-refractivity contribution < 1.29 is 9.90 Å². The van der Waals surface area contributed by atoms with E-state index in [1.807, 2.05) is 24.3 Å². The number of nitrogens with zero attached hydrogens (tertiary/aromatic N) is 1.